The predicted octanol–water partition coefficient (Wildman–Crippen LogP) is 4.05. The molecule has 0 bridgehead atoms. The Hall–Kier alpha value is -2.38. The van der Waals surface area contributed by atoms with Gasteiger partial charge in [-0.15, -0.1) is 0 Å². The topological polar surface area (TPSA) is 74.9 Å². The van der Waals surface area contributed by atoms with Gasteiger partial charge in [-0.25, -0.2) is 4.99 Å². The first-order valence-electron chi connectivity index (χ1n) is 12.0. The molecule has 1 fully saturated rings. The van der Waals surface area contributed by atoms with E-state index < -0.39 is 0 Å². The molecule has 2 heterocycles. The van der Waals surface area contributed by atoms with Crippen LogP contribution in [0.1, 0.15) is 69.0 Å². The van der Waals surface area contributed by atoms with Gasteiger partial charge in [-0.2, -0.15) is 0 Å². The van der Waals surface area contributed by atoms with Crippen LogP contribution in [0.4, 0.5) is 0 Å². The highest BCUT2D eigenvalue weighted by Gasteiger charge is 2.16. The van der Waals surface area contributed by atoms with Crippen LogP contribution in [0.3, 0.4) is 0 Å². The van der Waals surface area contributed by atoms with E-state index in [9.17, 15) is 0 Å². The normalized spacial score (nSPS) is 17.7. The molecule has 1 atom stereocenters. The summed E-state index contributed by atoms with van der Waals surface area (Å²) < 4.78 is 11.2. The number of rotatable bonds is 10. The van der Waals surface area contributed by atoms with Gasteiger partial charge in [0, 0.05) is 38.2 Å². The third-order valence-corrected chi connectivity index (χ3v) is 5.90. The van der Waals surface area contributed by atoms with E-state index in [0.717, 1.165) is 63.0 Å². The van der Waals surface area contributed by atoms with Crippen molar-refractivity contribution in [1.29, 1.82) is 0 Å². The smallest absolute Gasteiger partial charge is 0.191 e. The minimum Gasteiger partial charge on any atom is -0.376 e. The summed E-state index contributed by atoms with van der Waals surface area (Å²) in [6, 6.07) is 10.8. The fraction of sp³-hybridized carbons (Fsp3) is 0.600. The average molecular weight is 442 g/mol. The van der Waals surface area contributed by atoms with Gasteiger partial charge in [0.25, 0.3) is 0 Å². The van der Waals surface area contributed by atoms with E-state index in [1.165, 1.54) is 11.1 Å². The van der Waals surface area contributed by atoms with Crippen molar-refractivity contribution >= 4 is 5.96 Å². The number of aromatic nitrogens is 1. The molecular weight excluding hydrogens is 402 g/mol. The van der Waals surface area contributed by atoms with Crippen molar-refractivity contribution in [2.45, 2.75) is 72.2 Å². The highest BCUT2D eigenvalue weighted by molar-refractivity contribution is 5.79. The van der Waals surface area contributed by atoms with Gasteiger partial charge >= 0.3 is 0 Å². The van der Waals surface area contributed by atoms with Crippen molar-refractivity contribution in [2.75, 3.05) is 26.2 Å². The summed E-state index contributed by atoms with van der Waals surface area (Å²) in [6.07, 6.45) is 2.45. The molecule has 0 amide bonds. The minimum absolute atomic E-state index is 0.306. The molecule has 1 aliphatic rings. The first-order valence-corrected chi connectivity index (χ1v) is 12.0. The van der Waals surface area contributed by atoms with E-state index >= 15 is 0 Å². The second-order valence-corrected chi connectivity index (χ2v) is 8.52. The van der Waals surface area contributed by atoms with Gasteiger partial charge in [-0.3, -0.25) is 4.90 Å². The molecule has 1 aromatic heterocycles. The Kier molecular flexibility index (Phi) is 9.56. The lowest BCUT2D eigenvalue weighted by Gasteiger charge is -2.31. The monoisotopic (exact) mass is 441 g/mol. The Morgan fingerprint density at radius 2 is 2.00 bits per heavy atom. The SMILES string of the molecule is CCNC(=NCc1cccc(CN2CCOC(C)C2)c1)NCc1cc(C(CC)CC)no1. The summed E-state index contributed by atoms with van der Waals surface area (Å²) in [5.74, 6) is 2.07. The van der Waals surface area contributed by atoms with E-state index in [4.69, 9.17) is 14.3 Å². The lowest BCUT2D eigenvalue weighted by molar-refractivity contribution is -0.0212. The maximum Gasteiger partial charge on any atom is 0.191 e. The van der Waals surface area contributed by atoms with Crippen molar-refractivity contribution in [3.63, 3.8) is 0 Å². The second kappa shape index (κ2) is 12.6. The fourth-order valence-corrected chi connectivity index (χ4v) is 4.11. The number of hydrogen-bond donors (Lipinski definition) is 2. The number of ether oxygens (including phenoxy) is 1. The molecule has 1 saturated heterocycles. The number of hydrogen-bond acceptors (Lipinski definition) is 5. The van der Waals surface area contributed by atoms with Crippen LogP contribution in [0.25, 0.3) is 0 Å². The van der Waals surface area contributed by atoms with Gasteiger partial charge in [0.05, 0.1) is 31.5 Å². The van der Waals surface area contributed by atoms with Crippen LogP contribution in [-0.4, -0.2) is 48.4 Å². The van der Waals surface area contributed by atoms with Crippen molar-refractivity contribution in [1.82, 2.24) is 20.7 Å². The summed E-state index contributed by atoms with van der Waals surface area (Å²) >= 11 is 0. The van der Waals surface area contributed by atoms with E-state index in [2.05, 4.69) is 78.7 Å². The molecule has 176 valence electrons. The number of benzene rings is 1. The van der Waals surface area contributed by atoms with Gasteiger partial charge in [-0.1, -0.05) is 43.3 Å². The zero-order valence-electron chi connectivity index (χ0n) is 20.1. The van der Waals surface area contributed by atoms with Crippen LogP contribution in [0.15, 0.2) is 39.8 Å². The fourth-order valence-electron chi connectivity index (χ4n) is 4.11. The highest BCUT2D eigenvalue weighted by atomic mass is 16.5. The maximum absolute atomic E-state index is 5.65. The maximum atomic E-state index is 5.65. The Bertz CT molecular complexity index is 846. The number of nitrogens with zero attached hydrogens (tertiary/aromatic N) is 3. The van der Waals surface area contributed by atoms with Crippen molar-refractivity contribution in [3.05, 3.63) is 52.9 Å². The van der Waals surface area contributed by atoms with Gasteiger partial charge in [0.2, 0.25) is 0 Å². The van der Waals surface area contributed by atoms with Gasteiger partial charge in [-0.05, 0) is 37.8 Å². The summed E-state index contributed by atoms with van der Waals surface area (Å²) in [5.41, 5.74) is 3.57. The van der Waals surface area contributed by atoms with Gasteiger partial charge in [0.1, 0.15) is 0 Å². The number of nitrogens with one attached hydrogen (secondary N) is 2. The molecule has 0 saturated carbocycles. The first kappa shape index (κ1) is 24.3. The third kappa shape index (κ3) is 7.35. The molecule has 3 rings (SSSR count). The van der Waals surface area contributed by atoms with Gasteiger partial charge in [0.15, 0.2) is 11.7 Å². The molecule has 0 spiro atoms. The van der Waals surface area contributed by atoms with Crippen LogP contribution >= 0.6 is 0 Å². The minimum atomic E-state index is 0.306. The Labute approximate surface area is 192 Å². The molecule has 1 aliphatic heterocycles. The van der Waals surface area contributed by atoms with Crippen molar-refractivity contribution in [2.24, 2.45) is 4.99 Å². The lowest BCUT2D eigenvalue weighted by atomic mass is 9.99. The van der Waals surface area contributed by atoms with Gasteiger partial charge < -0.3 is 19.9 Å². The summed E-state index contributed by atoms with van der Waals surface area (Å²) in [6.45, 7) is 14.3. The highest BCUT2D eigenvalue weighted by Crippen LogP contribution is 2.22. The molecular formula is C25H39N5O2. The number of aliphatic imine (C=N–C) groups is 1. The Balaban J connectivity index is 1.56. The van der Waals surface area contributed by atoms with E-state index in [-0.39, 0.29) is 0 Å². The van der Waals surface area contributed by atoms with Crippen LogP contribution in [0.2, 0.25) is 0 Å². The largest absolute Gasteiger partial charge is 0.376 e. The molecule has 7 nitrogen and oxygen atoms in total. The third-order valence-electron chi connectivity index (χ3n) is 5.90. The Morgan fingerprint density at radius 1 is 1.19 bits per heavy atom. The molecule has 1 aromatic carbocycles. The summed E-state index contributed by atoms with van der Waals surface area (Å²) in [4.78, 5) is 7.23. The van der Waals surface area contributed by atoms with Crippen molar-refractivity contribution in [3.8, 4) is 0 Å². The summed E-state index contributed by atoms with van der Waals surface area (Å²) in [5, 5.41) is 10.9. The summed E-state index contributed by atoms with van der Waals surface area (Å²) in [7, 11) is 0. The molecule has 1 unspecified atom stereocenters. The number of morpholine rings is 1. The van der Waals surface area contributed by atoms with E-state index in [1.807, 2.05) is 0 Å². The molecule has 32 heavy (non-hydrogen) atoms. The molecule has 2 aromatic rings. The van der Waals surface area contributed by atoms with E-state index in [0.29, 0.717) is 25.1 Å². The van der Waals surface area contributed by atoms with Crippen molar-refractivity contribution < 1.29 is 9.26 Å². The molecule has 7 heteroatoms. The van der Waals surface area contributed by atoms with Crippen LogP contribution in [0, 0.1) is 0 Å². The molecule has 0 aliphatic carbocycles. The predicted molar refractivity (Wildman–Crippen MR) is 129 cm³/mol. The van der Waals surface area contributed by atoms with Crippen LogP contribution in [-0.2, 0) is 24.4 Å². The standard InChI is InChI=1S/C25H39N5O2/c1-5-22(6-2)24-14-23(32-29-24)16-28-25(26-7-3)27-15-20-9-8-10-21(13-20)18-30-11-12-31-19(4)17-30/h8-10,13-14,19,22H,5-7,11-12,15-18H2,1-4H3,(H2,26,27,28). The zero-order valence-corrected chi connectivity index (χ0v) is 20.1. The Morgan fingerprint density at radius 3 is 2.75 bits per heavy atom. The second-order valence-electron chi connectivity index (χ2n) is 8.52. The van der Waals surface area contributed by atoms with E-state index in [1.54, 1.807) is 0 Å². The van der Waals surface area contributed by atoms with Crippen LogP contribution in [0.5, 0.6) is 0 Å². The molecule has 2 N–H and O–H groups in total. The lowest BCUT2D eigenvalue weighted by Crippen LogP contribution is -2.40. The quantitative estimate of drug-likeness (QED) is 0.428. The first-order chi connectivity index (χ1) is 15.6. The number of guanidine groups is 1. The average Bonchev–Trinajstić information content (AvgIpc) is 3.25. The van der Waals surface area contributed by atoms with Crippen LogP contribution < -0.4 is 10.6 Å². The zero-order chi connectivity index (χ0) is 22.8. The molecule has 0 radical (unpaired) electrons.